The van der Waals surface area contributed by atoms with Crippen LogP contribution in [0.25, 0.3) is 5.65 Å². The molecule has 4 aromatic rings. The summed E-state index contributed by atoms with van der Waals surface area (Å²) in [5.74, 6) is 1.05. The third kappa shape index (κ3) is 8.79. The van der Waals surface area contributed by atoms with Crippen LogP contribution in [0.4, 0.5) is 17.1 Å². The third-order valence-electron chi connectivity index (χ3n) is 7.89. The molecule has 46 heavy (non-hydrogen) atoms. The number of carbonyl (C=O) groups is 1. The standard InChI is InChI=1S/C35H50N6O5/c1-9-10-11-12-13-14-19-45-29-18-17-26(36-27-20-24(32(42)43-7)15-16-25(27)23-46-44-8)21-28(29)37-35(5,6)33-39-38-31-22-30(34(2,3)4)40-41(31)33/h15-18,20-22,36-37,40H,9-14,19,23H2,1-8H3. The van der Waals surface area contributed by atoms with E-state index in [9.17, 15) is 4.79 Å². The van der Waals surface area contributed by atoms with E-state index in [2.05, 4.69) is 67.5 Å². The molecule has 0 atom stereocenters. The van der Waals surface area contributed by atoms with E-state index >= 15 is 0 Å². The molecule has 2 heterocycles. The van der Waals surface area contributed by atoms with Crippen LogP contribution in [0.15, 0.2) is 42.5 Å². The lowest BCUT2D eigenvalue weighted by molar-refractivity contribution is -0.282. The summed E-state index contributed by atoms with van der Waals surface area (Å²) in [6.07, 6.45) is 7.10. The zero-order valence-corrected chi connectivity index (χ0v) is 28.6. The average molecular weight is 635 g/mol. The minimum absolute atomic E-state index is 0.0641. The highest BCUT2D eigenvalue weighted by Crippen LogP contribution is 2.36. The monoisotopic (exact) mass is 634 g/mol. The number of aromatic nitrogens is 4. The van der Waals surface area contributed by atoms with Crippen LogP contribution in [0.2, 0.25) is 0 Å². The van der Waals surface area contributed by atoms with Crippen LogP contribution >= 0.6 is 0 Å². The second kappa shape index (κ2) is 15.5. The summed E-state index contributed by atoms with van der Waals surface area (Å²) in [4.78, 5) is 22.4. The smallest absolute Gasteiger partial charge is 0.337 e. The zero-order valence-electron chi connectivity index (χ0n) is 28.6. The summed E-state index contributed by atoms with van der Waals surface area (Å²) < 4.78 is 13.2. The van der Waals surface area contributed by atoms with Crippen molar-refractivity contribution >= 4 is 28.7 Å². The van der Waals surface area contributed by atoms with Gasteiger partial charge >= 0.3 is 5.97 Å². The van der Waals surface area contributed by atoms with E-state index in [0.29, 0.717) is 17.9 Å². The molecular formula is C35H50N6O5. The second-order valence-corrected chi connectivity index (χ2v) is 13.1. The second-order valence-electron chi connectivity index (χ2n) is 13.1. The Kier molecular flexibility index (Phi) is 11.7. The zero-order chi connectivity index (χ0) is 33.3. The molecule has 0 saturated heterocycles. The van der Waals surface area contributed by atoms with Gasteiger partial charge in [-0.15, -0.1) is 10.2 Å². The fourth-order valence-electron chi connectivity index (χ4n) is 5.20. The maximum Gasteiger partial charge on any atom is 0.337 e. The number of nitrogens with one attached hydrogen (secondary N) is 3. The van der Waals surface area contributed by atoms with E-state index < -0.39 is 11.5 Å². The van der Waals surface area contributed by atoms with Gasteiger partial charge in [-0.2, -0.15) is 0 Å². The van der Waals surface area contributed by atoms with E-state index in [1.54, 1.807) is 12.1 Å². The highest BCUT2D eigenvalue weighted by Gasteiger charge is 2.30. The third-order valence-corrected chi connectivity index (χ3v) is 7.89. The fourth-order valence-corrected chi connectivity index (χ4v) is 5.20. The number of unbranched alkanes of at least 4 members (excludes halogenated alkanes) is 5. The van der Waals surface area contributed by atoms with Crippen LogP contribution in [-0.2, 0) is 32.1 Å². The topological polar surface area (TPSA) is 124 Å². The van der Waals surface area contributed by atoms with Crippen LogP contribution in [0.1, 0.15) is 108 Å². The predicted molar refractivity (Wildman–Crippen MR) is 181 cm³/mol. The highest BCUT2D eigenvalue weighted by atomic mass is 17.2. The molecule has 0 amide bonds. The summed E-state index contributed by atoms with van der Waals surface area (Å²) in [6, 6.07) is 13.2. The number of esters is 1. The maximum atomic E-state index is 12.3. The quantitative estimate of drug-likeness (QED) is 0.0458. The fraction of sp³-hybridized carbons (Fsp3) is 0.514. The van der Waals surface area contributed by atoms with Crippen molar-refractivity contribution in [3.63, 3.8) is 0 Å². The number of hydrogen-bond donors (Lipinski definition) is 3. The van der Waals surface area contributed by atoms with Crippen molar-refractivity contribution in [2.24, 2.45) is 0 Å². The van der Waals surface area contributed by atoms with Gasteiger partial charge in [-0.25, -0.2) is 19.1 Å². The largest absolute Gasteiger partial charge is 0.491 e. The maximum absolute atomic E-state index is 12.3. The van der Waals surface area contributed by atoms with Crippen molar-refractivity contribution in [2.75, 3.05) is 31.5 Å². The van der Waals surface area contributed by atoms with Gasteiger partial charge in [-0.1, -0.05) is 65.9 Å². The Morgan fingerprint density at radius 3 is 2.39 bits per heavy atom. The minimum atomic E-state index is -0.640. The molecule has 11 nitrogen and oxygen atoms in total. The Balaban J connectivity index is 1.65. The van der Waals surface area contributed by atoms with Crippen LogP contribution in [0.5, 0.6) is 5.75 Å². The number of anilines is 3. The molecule has 0 unspecified atom stereocenters. The molecule has 2 aromatic heterocycles. The van der Waals surface area contributed by atoms with Crippen molar-refractivity contribution in [3.05, 3.63) is 65.1 Å². The lowest BCUT2D eigenvalue weighted by Gasteiger charge is -2.27. The Labute approximate surface area is 272 Å². The normalized spacial score (nSPS) is 12.0. The number of benzene rings is 2. The first kappa shape index (κ1) is 34.8. The number of aromatic amines is 1. The predicted octanol–water partition coefficient (Wildman–Crippen LogP) is 8.05. The summed E-state index contributed by atoms with van der Waals surface area (Å²) in [6.45, 7) is 13.7. The molecule has 0 aliphatic carbocycles. The number of fused-ring (bicyclic) bond motifs is 1. The molecule has 0 saturated carbocycles. The Morgan fingerprint density at radius 1 is 0.913 bits per heavy atom. The van der Waals surface area contributed by atoms with Crippen LogP contribution in [0, 0.1) is 0 Å². The molecule has 0 aliphatic rings. The van der Waals surface area contributed by atoms with Gasteiger partial charge in [0.15, 0.2) is 11.5 Å². The van der Waals surface area contributed by atoms with Gasteiger partial charge < -0.3 is 20.1 Å². The van der Waals surface area contributed by atoms with Gasteiger partial charge in [-0.05, 0) is 50.6 Å². The summed E-state index contributed by atoms with van der Waals surface area (Å²) in [7, 11) is 2.82. The molecule has 0 bridgehead atoms. The summed E-state index contributed by atoms with van der Waals surface area (Å²) >= 11 is 0. The molecule has 3 N–H and O–H groups in total. The number of ether oxygens (including phenoxy) is 2. The number of methoxy groups -OCH3 is 1. The number of carbonyl (C=O) groups excluding carboxylic acids is 1. The van der Waals surface area contributed by atoms with Gasteiger partial charge in [-0.3, -0.25) is 5.10 Å². The first-order chi connectivity index (χ1) is 22.0. The van der Waals surface area contributed by atoms with Gasteiger partial charge in [0.25, 0.3) is 0 Å². The van der Waals surface area contributed by atoms with E-state index in [1.165, 1.54) is 39.9 Å². The SMILES string of the molecule is CCCCCCCCOc1ccc(Nc2cc(C(=O)OC)ccc2COOC)cc1NC(C)(C)c1nnc2cc(C(C)(C)C)[nH]n12. The van der Waals surface area contributed by atoms with Crippen LogP contribution in [-0.4, -0.2) is 46.6 Å². The van der Waals surface area contributed by atoms with E-state index in [1.807, 2.05) is 34.8 Å². The molecule has 0 fully saturated rings. The molecule has 2 aromatic carbocycles. The Morgan fingerprint density at radius 2 is 1.67 bits per heavy atom. The Hall–Kier alpha value is -4.09. The first-order valence-corrected chi connectivity index (χ1v) is 16.1. The highest BCUT2D eigenvalue weighted by molar-refractivity contribution is 5.91. The molecule has 4 rings (SSSR count). The lowest BCUT2D eigenvalue weighted by atomic mass is 9.93. The van der Waals surface area contributed by atoms with Crippen molar-refractivity contribution in [1.29, 1.82) is 0 Å². The summed E-state index contributed by atoms with van der Waals surface area (Å²) in [5, 5.41) is 19.6. The minimum Gasteiger partial charge on any atom is -0.491 e. The number of H-pyrrole nitrogens is 1. The van der Waals surface area contributed by atoms with E-state index in [-0.39, 0.29) is 12.0 Å². The van der Waals surface area contributed by atoms with Gasteiger partial charge in [0.05, 0.1) is 37.6 Å². The Bertz CT molecular complexity index is 1590. The molecular weight excluding hydrogens is 584 g/mol. The van der Waals surface area contributed by atoms with Gasteiger partial charge in [0.2, 0.25) is 0 Å². The average Bonchev–Trinajstić information content (AvgIpc) is 3.62. The number of nitrogens with zero attached hydrogens (tertiary/aromatic N) is 3. The number of rotatable bonds is 17. The number of hydrogen-bond acceptors (Lipinski definition) is 9. The lowest BCUT2D eigenvalue weighted by Crippen LogP contribution is -2.31. The van der Waals surface area contributed by atoms with Crippen molar-refractivity contribution in [2.45, 2.75) is 97.6 Å². The van der Waals surface area contributed by atoms with Crippen LogP contribution < -0.4 is 15.4 Å². The summed E-state index contributed by atoms with van der Waals surface area (Å²) in [5.41, 5.74) is 4.62. The van der Waals surface area contributed by atoms with Crippen molar-refractivity contribution < 1.29 is 24.0 Å². The molecule has 11 heteroatoms. The first-order valence-electron chi connectivity index (χ1n) is 16.1. The van der Waals surface area contributed by atoms with Crippen LogP contribution in [0.3, 0.4) is 0 Å². The van der Waals surface area contributed by atoms with Gasteiger partial charge in [0, 0.05) is 34.1 Å². The molecule has 0 radical (unpaired) electrons. The van der Waals surface area contributed by atoms with Crippen molar-refractivity contribution in [3.8, 4) is 5.75 Å². The van der Waals surface area contributed by atoms with Crippen molar-refractivity contribution in [1.82, 2.24) is 19.8 Å². The molecule has 250 valence electrons. The molecule has 0 aliphatic heterocycles. The van der Waals surface area contributed by atoms with E-state index in [4.69, 9.17) is 19.2 Å². The molecule has 0 spiro atoms. The van der Waals surface area contributed by atoms with E-state index in [0.717, 1.165) is 52.7 Å². The van der Waals surface area contributed by atoms with Gasteiger partial charge in [0.1, 0.15) is 12.4 Å².